The molecule has 0 aliphatic heterocycles. The molecule has 0 aliphatic carbocycles. The fourth-order valence-corrected chi connectivity index (χ4v) is 4.72. The van der Waals surface area contributed by atoms with Crippen molar-refractivity contribution in [1.29, 1.82) is 0 Å². The molecule has 0 unspecified atom stereocenters. The van der Waals surface area contributed by atoms with Gasteiger partial charge >= 0.3 is 0 Å². The Balaban J connectivity index is 1.24. The number of furan rings is 2. The van der Waals surface area contributed by atoms with E-state index in [-0.39, 0.29) is 0 Å². The maximum absolute atomic E-state index is 6.05. The van der Waals surface area contributed by atoms with Crippen molar-refractivity contribution in [1.82, 2.24) is 0 Å². The zero-order chi connectivity index (χ0) is 21.8. The first-order valence-corrected chi connectivity index (χ1v) is 11.0. The Morgan fingerprint density at radius 3 is 1.94 bits per heavy atom. The molecule has 0 saturated heterocycles. The molecular formula is C30H19NO2. The van der Waals surface area contributed by atoms with Crippen molar-refractivity contribution in [3.05, 3.63) is 109 Å². The van der Waals surface area contributed by atoms with Crippen molar-refractivity contribution in [3.63, 3.8) is 0 Å². The van der Waals surface area contributed by atoms with Crippen LogP contribution in [0.15, 0.2) is 118 Å². The average Bonchev–Trinajstić information content (AvgIpc) is 3.42. The summed E-state index contributed by atoms with van der Waals surface area (Å²) >= 11 is 0. The molecule has 0 bridgehead atoms. The summed E-state index contributed by atoms with van der Waals surface area (Å²) in [5, 5.41) is 8.08. The highest BCUT2D eigenvalue weighted by Crippen LogP contribution is 2.37. The van der Waals surface area contributed by atoms with Gasteiger partial charge in [-0.2, -0.15) is 0 Å². The molecule has 3 heteroatoms. The molecule has 0 fully saturated rings. The number of para-hydroxylation sites is 2. The summed E-state index contributed by atoms with van der Waals surface area (Å²) in [5.74, 6) is 0. The molecule has 5 aromatic carbocycles. The summed E-state index contributed by atoms with van der Waals surface area (Å²) in [6.07, 6.45) is 0. The fourth-order valence-electron chi connectivity index (χ4n) is 4.72. The predicted molar refractivity (Wildman–Crippen MR) is 136 cm³/mol. The molecule has 0 atom stereocenters. The molecule has 0 saturated carbocycles. The van der Waals surface area contributed by atoms with Gasteiger partial charge in [0.25, 0.3) is 0 Å². The molecular weight excluding hydrogens is 406 g/mol. The number of hydrogen-bond acceptors (Lipinski definition) is 3. The first kappa shape index (κ1) is 18.1. The molecule has 2 aromatic heterocycles. The second-order valence-electron chi connectivity index (χ2n) is 8.29. The monoisotopic (exact) mass is 425 g/mol. The van der Waals surface area contributed by atoms with Crippen LogP contribution in [0.25, 0.3) is 55.0 Å². The van der Waals surface area contributed by atoms with Crippen molar-refractivity contribution in [3.8, 4) is 11.1 Å². The van der Waals surface area contributed by atoms with Crippen LogP contribution >= 0.6 is 0 Å². The molecule has 0 radical (unpaired) electrons. The van der Waals surface area contributed by atoms with Crippen molar-refractivity contribution in [2.24, 2.45) is 0 Å². The third-order valence-corrected chi connectivity index (χ3v) is 6.27. The van der Waals surface area contributed by atoms with Crippen molar-refractivity contribution in [2.45, 2.75) is 0 Å². The molecule has 7 rings (SSSR count). The first-order chi connectivity index (χ1) is 16.3. The SMILES string of the molecule is c1ccc2c(c1)oc1cc(Nc3ccc(-c4cccc5oc6ccccc6c45)cc3)ccc12. The highest BCUT2D eigenvalue weighted by molar-refractivity contribution is 6.12. The van der Waals surface area contributed by atoms with E-state index >= 15 is 0 Å². The predicted octanol–water partition coefficient (Wildman–Crippen LogP) is 8.90. The van der Waals surface area contributed by atoms with Crippen LogP contribution in [0.5, 0.6) is 0 Å². The number of rotatable bonds is 3. The van der Waals surface area contributed by atoms with Crippen molar-refractivity contribution in [2.75, 3.05) is 5.32 Å². The lowest BCUT2D eigenvalue weighted by molar-refractivity contribution is 0.668. The van der Waals surface area contributed by atoms with Gasteiger partial charge < -0.3 is 14.2 Å². The summed E-state index contributed by atoms with van der Waals surface area (Å²) in [6.45, 7) is 0. The maximum atomic E-state index is 6.05. The van der Waals surface area contributed by atoms with Gasteiger partial charge in [0.1, 0.15) is 22.3 Å². The second kappa shape index (κ2) is 7.01. The molecule has 2 heterocycles. The van der Waals surface area contributed by atoms with Crippen molar-refractivity contribution < 1.29 is 8.83 Å². The van der Waals surface area contributed by atoms with E-state index in [1.54, 1.807) is 0 Å². The van der Waals surface area contributed by atoms with E-state index in [0.717, 1.165) is 60.8 Å². The van der Waals surface area contributed by atoms with E-state index in [0.29, 0.717) is 0 Å². The number of anilines is 2. The molecule has 7 aromatic rings. The molecule has 0 spiro atoms. The molecule has 1 N–H and O–H groups in total. The highest BCUT2D eigenvalue weighted by atomic mass is 16.3. The summed E-state index contributed by atoms with van der Waals surface area (Å²) in [7, 11) is 0. The number of nitrogens with one attached hydrogen (secondary N) is 1. The van der Waals surface area contributed by atoms with Crippen LogP contribution in [0.2, 0.25) is 0 Å². The van der Waals surface area contributed by atoms with Gasteiger partial charge in [-0.1, -0.05) is 60.7 Å². The normalized spacial score (nSPS) is 11.6. The van der Waals surface area contributed by atoms with Crippen LogP contribution in [-0.2, 0) is 0 Å². The van der Waals surface area contributed by atoms with Crippen LogP contribution in [0.3, 0.4) is 0 Å². The van der Waals surface area contributed by atoms with E-state index in [1.165, 1.54) is 5.56 Å². The Bertz CT molecular complexity index is 1790. The Hall–Kier alpha value is -4.50. The zero-order valence-corrected chi connectivity index (χ0v) is 17.7. The van der Waals surface area contributed by atoms with Gasteiger partial charge in [0, 0.05) is 39.0 Å². The lowest BCUT2D eigenvalue weighted by Crippen LogP contribution is -1.90. The van der Waals surface area contributed by atoms with Crippen LogP contribution in [0.4, 0.5) is 11.4 Å². The quantitative estimate of drug-likeness (QED) is 0.307. The first-order valence-electron chi connectivity index (χ1n) is 11.0. The summed E-state index contributed by atoms with van der Waals surface area (Å²) in [5.41, 5.74) is 7.98. The van der Waals surface area contributed by atoms with E-state index in [1.807, 2.05) is 36.4 Å². The van der Waals surface area contributed by atoms with Crippen LogP contribution in [-0.4, -0.2) is 0 Å². The maximum Gasteiger partial charge on any atom is 0.137 e. The van der Waals surface area contributed by atoms with E-state index < -0.39 is 0 Å². The number of fused-ring (bicyclic) bond motifs is 6. The lowest BCUT2D eigenvalue weighted by Gasteiger charge is -2.09. The molecule has 33 heavy (non-hydrogen) atoms. The Morgan fingerprint density at radius 2 is 1.09 bits per heavy atom. The fraction of sp³-hybridized carbons (Fsp3) is 0. The average molecular weight is 425 g/mol. The van der Waals surface area contributed by atoms with Gasteiger partial charge in [-0.05, 0) is 53.6 Å². The molecule has 0 aliphatic rings. The standard InChI is InChI=1S/C30H19NO2/c1-3-9-26-23(6-1)24-17-16-21(18-29(24)33-26)31-20-14-12-19(13-15-20)22-8-5-11-28-30(22)25-7-2-4-10-27(25)32-28/h1-18,31H. The van der Waals surface area contributed by atoms with Crippen LogP contribution in [0, 0.1) is 0 Å². The van der Waals surface area contributed by atoms with Gasteiger partial charge in [-0.25, -0.2) is 0 Å². The van der Waals surface area contributed by atoms with E-state index in [4.69, 9.17) is 8.83 Å². The smallest absolute Gasteiger partial charge is 0.137 e. The largest absolute Gasteiger partial charge is 0.456 e. The third kappa shape index (κ3) is 2.90. The minimum atomic E-state index is 0.885. The topological polar surface area (TPSA) is 38.3 Å². The minimum Gasteiger partial charge on any atom is -0.456 e. The van der Waals surface area contributed by atoms with Crippen LogP contribution < -0.4 is 5.32 Å². The van der Waals surface area contributed by atoms with Gasteiger partial charge in [-0.15, -0.1) is 0 Å². The highest BCUT2D eigenvalue weighted by Gasteiger charge is 2.12. The molecule has 3 nitrogen and oxygen atoms in total. The Labute approximate surface area is 189 Å². The number of hydrogen-bond donors (Lipinski definition) is 1. The summed E-state index contributed by atoms with van der Waals surface area (Å²) < 4.78 is 12.1. The van der Waals surface area contributed by atoms with E-state index in [9.17, 15) is 0 Å². The summed E-state index contributed by atoms with van der Waals surface area (Å²) in [4.78, 5) is 0. The van der Waals surface area contributed by atoms with Gasteiger partial charge in [-0.3, -0.25) is 0 Å². The zero-order valence-electron chi connectivity index (χ0n) is 17.7. The third-order valence-electron chi connectivity index (χ3n) is 6.27. The number of benzene rings is 5. The van der Waals surface area contributed by atoms with Crippen molar-refractivity contribution >= 4 is 55.3 Å². The van der Waals surface area contributed by atoms with Gasteiger partial charge in [0.2, 0.25) is 0 Å². The van der Waals surface area contributed by atoms with Gasteiger partial charge in [0.15, 0.2) is 0 Å². The van der Waals surface area contributed by atoms with Crippen LogP contribution in [0.1, 0.15) is 0 Å². The lowest BCUT2D eigenvalue weighted by atomic mass is 9.99. The second-order valence-corrected chi connectivity index (χ2v) is 8.29. The summed E-state index contributed by atoms with van der Waals surface area (Å²) in [6, 6.07) is 37.4. The molecule has 156 valence electrons. The Kier molecular flexibility index (Phi) is 3.84. The van der Waals surface area contributed by atoms with E-state index in [2.05, 4.69) is 78.1 Å². The Morgan fingerprint density at radius 1 is 0.455 bits per heavy atom. The van der Waals surface area contributed by atoms with Gasteiger partial charge in [0.05, 0.1) is 0 Å². The minimum absolute atomic E-state index is 0.885. The molecule has 0 amide bonds.